The van der Waals surface area contributed by atoms with E-state index < -0.39 is 18.2 Å². The lowest BCUT2D eigenvalue weighted by Gasteiger charge is -2.24. The Kier molecular flexibility index (Phi) is 49.1. The molecule has 0 aliphatic rings. The van der Waals surface area contributed by atoms with E-state index >= 15 is 0 Å². The molecule has 0 radical (unpaired) electrons. The van der Waals surface area contributed by atoms with Crippen molar-refractivity contribution in [3.05, 3.63) is 72.9 Å². The van der Waals surface area contributed by atoms with Crippen molar-refractivity contribution in [2.75, 3.05) is 6.61 Å². The second-order valence-electron chi connectivity index (χ2n) is 18.2. The minimum absolute atomic E-state index is 0.0551. The van der Waals surface area contributed by atoms with E-state index in [4.69, 9.17) is 4.74 Å². The zero-order chi connectivity index (χ0) is 46.7. The van der Waals surface area contributed by atoms with Gasteiger partial charge in [-0.25, -0.2) is 0 Å². The molecule has 0 saturated heterocycles. The largest absolute Gasteiger partial charge is 0.462 e. The summed E-state index contributed by atoms with van der Waals surface area (Å²) in [6.07, 6.45) is 65.3. The summed E-state index contributed by atoms with van der Waals surface area (Å²) in [6.45, 7) is 6.34. The Bertz CT molecular complexity index is 1190. The predicted molar refractivity (Wildman–Crippen MR) is 278 cm³/mol. The quantitative estimate of drug-likeness (QED) is 0.0321. The van der Waals surface area contributed by atoms with Gasteiger partial charge < -0.3 is 20.3 Å². The number of esters is 1. The lowest BCUT2D eigenvalue weighted by atomic mass is 10.0. The maximum absolute atomic E-state index is 13.2. The highest BCUT2D eigenvalue weighted by Gasteiger charge is 2.24. The lowest BCUT2D eigenvalue weighted by Crippen LogP contribution is -2.46. The predicted octanol–water partition coefficient (Wildman–Crippen LogP) is 16.6. The Balaban J connectivity index is 4.66. The molecule has 1 amide bonds. The molecule has 0 aliphatic heterocycles. The fourth-order valence-corrected chi connectivity index (χ4v) is 7.92. The second-order valence-corrected chi connectivity index (χ2v) is 18.2. The SMILES string of the molecule is CC/C=C/C/C=C/C/C=C/CCCCCCCCC(=O)OC(CCCCCC/C=C\C/C=C\C/C=C\CCCCC)CC(=O)NC(CO)C(O)CCCCCCCCCCCCCC. The third-order valence-electron chi connectivity index (χ3n) is 12.0. The van der Waals surface area contributed by atoms with Gasteiger partial charge in [-0.15, -0.1) is 0 Å². The van der Waals surface area contributed by atoms with Gasteiger partial charge in [0.1, 0.15) is 6.10 Å². The van der Waals surface area contributed by atoms with Crippen LogP contribution in [0.4, 0.5) is 0 Å². The summed E-state index contributed by atoms with van der Waals surface area (Å²) in [7, 11) is 0. The standard InChI is InChI=1S/C58H103NO5/c1-4-7-10-13-16-19-22-25-27-29-30-32-34-37-40-43-46-49-54(64-58(63)51-48-45-42-39-36-33-31-28-26-23-20-17-14-11-8-5-2)52-57(62)59-55(53-60)56(61)50-47-44-41-38-35-24-21-18-15-12-9-6-3/h8,11,16-17,19-20,25-28,30,32,54-56,60-61H,4-7,9-10,12-15,18,21-24,29,31,33-53H2,1-3H3,(H,59,62)/b11-8+,19-16-,20-17+,27-25-,28-26+,32-30-. The Hall–Kier alpha value is -2.70. The van der Waals surface area contributed by atoms with Gasteiger partial charge in [0.2, 0.25) is 5.91 Å². The lowest BCUT2D eigenvalue weighted by molar-refractivity contribution is -0.151. The normalized spacial score (nSPS) is 13.8. The first-order valence-electron chi connectivity index (χ1n) is 27.2. The van der Waals surface area contributed by atoms with Crippen molar-refractivity contribution in [2.45, 2.75) is 277 Å². The van der Waals surface area contributed by atoms with E-state index in [2.05, 4.69) is 99.0 Å². The number of carbonyl (C=O) groups excluding carboxylic acids is 2. The van der Waals surface area contributed by atoms with Crippen LogP contribution in [0.15, 0.2) is 72.9 Å². The van der Waals surface area contributed by atoms with Gasteiger partial charge >= 0.3 is 5.97 Å². The summed E-state index contributed by atoms with van der Waals surface area (Å²) >= 11 is 0. The maximum Gasteiger partial charge on any atom is 0.306 e. The summed E-state index contributed by atoms with van der Waals surface area (Å²) in [6, 6.07) is -0.714. The Morgan fingerprint density at radius 1 is 0.469 bits per heavy atom. The summed E-state index contributed by atoms with van der Waals surface area (Å²) in [5.74, 6) is -0.509. The van der Waals surface area contributed by atoms with E-state index in [0.717, 1.165) is 109 Å². The van der Waals surface area contributed by atoms with E-state index in [9.17, 15) is 19.8 Å². The Morgan fingerprint density at radius 2 is 0.844 bits per heavy atom. The molecular formula is C58H103NO5. The van der Waals surface area contributed by atoms with Crippen molar-refractivity contribution >= 4 is 11.9 Å². The number of aliphatic hydroxyl groups is 2. The molecule has 0 rings (SSSR count). The molecule has 0 fully saturated rings. The highest BCUT2D eigenvalue weighted by Crippen LogP contribution is 2.17. The monoisotopic (exact) mass is 894 g/mol. The second kappa shape index (κ2) is 51.3. The molecule has 0 saturated carbocycles. The first-order chi connectivity index (χ1) is 31.5. The maximum atomic E-state index is 13.2. The van der Waals surface area contributed by atoms with Crippen LogP contribution in [0.25, 0.3) is 0 Å². The fourth-order valence-electron chi connectivity index (χ4n) is 7.92. The molecule has 6 nitrogen and oxygen atoms in total. The first kappa shape index (κ1) is 61.3. The van der Waals surface area contributed by atoms with E-state index in [0.29, 0.717) is 19.3 Å². The number of rotatable bonds is 48. The molecule has 0 spiro atoms. The summed E-state index contributed by atoms with van der Waals surface area (Å²) in [5, 5.41) is 23.8. The minimum atomic E-state index is -0.799. The van der Waals surface area contributed by atoms with Crippen LogP contribution in [0.1, 0.15) is 258 Å². The molecule has 0 aromatic carbocycles. The smallest absolute Gasteiger partial charge is 0.306 e. The van der Waals surface area contributed by atoms with Crippen LogP contribution in [0, 0.1) is 0 Å². The molecule has 0 heterocycles. The average molecular weight is 894 g/mol. The number of unbranched alkanes of at least 4 members (excludes halogenated alkanes) is 24. The van der Waals surface area contributed by atoms with Crippen molar-refractivity contribution in [3.63, 3.8) is 0 Å². The van der Waals surface area contributed by atoms with Crippen LogP contribution in [-0.2, 0) is 14.3 Å². The molecule has 0 bridgehead atoms. The van der Waals surface area contributed by atoms with Gasteiger partial charge in [-0.1, -0.05) is 222 Å². The third-order valence-corrected chi connectivity index (χ3v) is 12.0. The number of allylic oxidation sites excluding steroid dienone is 12. The number of amides is 1. The van der Waals surface area contributed by atoms with Crippen molar-refractivity contribution in [1.29, 1.82) is 0 Å². The fraction of sp³-hybridized carbons (Fsp3) is 0.759. The van der Waals surface area contributed by atoms with Gasteiger partial charge in [0, 0.05) is 6.42 Å². The number of hydrogen-bond acceptors (Lipinski definition) is 5. The highest BCUT2D eigenvalue weighted by atomic mass is 16.5. The van der Waals surface area contributed by atoms with E-state index in [1.165, 1.54) is 103 Å². The van der Waals surface area contributed by atoms with Crippen LogP contribution in [0.2, 0.25) is 0 Å². The van der Waals surface area contributed by atoms with Crippen LogP contribution < -0.4 is 5.32 Å². The number of aliphatic hydroxyl groups excluding tert-OH is 2. The molecule has 3 unspecified atom stereocenters. The first-order valence-corrected chi connectivity index (χ1v) is 27.2. The summed E-state index contributed by atoms with van der Waals surface area (Å²) in [4.78, 5) is 26.2. The zero-order valence-electron chi connectivity index (χ0n) is 42.1. The number of ether oxygens (including phenoxy) is 1. The topological polar surface area (TPSA) is 95.9 Å². The van der Waals surface area contributed by atoms with Crippen LogP contribution >= 0.6 is 0 Å². The zero-order valence-corrected chi connectivity index (χ0v) is 42.1. The van der Waals surface area contributed by atoms with Gasteiger partial charge in [-0.2, -0.15) is 0 Å². The average Bonchev–Trinajstić information content (AvgIpc) is 3.29. The highest BCUT2D eigenvalue weighted by molar-refractivity contribution is 5.77. The number of carbonyl (C=O) groups is 2. The van der Waals surface area contributed by atoms with Crippen molar-refractivity contribution in [2.24, 2.45) is 0 Å². The van der Waals surface area contributed by atoms with E-state index in [1.807, 2.05) is 0 Å². The number of hydrogen-bond donors (Lipinski definition) is 3. The van der Waals surface area contributed by atoms with Crippen LogP contribution in [0.5, 0.6) is 0 Å². The van der Waals surface area contributed by atoms with Crippen molar-refractivity contribution in [3.8, 4) is 0 Å². The van der Waals surface area contributed by atoms with Gasteiger partial charge in [-0.05, 0) is 96.3 Å². The Labute approximate surface area is 396 Å². The van der Waals surface area contributed by atoms with Crippen molar-refractivity contribution < 1.29 is 24.5 Å². The third kappa shape index (κ3) is 45.9. The van der Waals surface area contributed by atoms with Gasteiger partial charge in [0.15, 0.2) is 0 Å². The molecule has 0 aromatic rings. The molecule has 3 N–H and O–H groups in total. The molecule has 3 atom stereocenters. The van der Waals surface area contributed by atoms with Crippen LogP contribution in [-0.4, -0.2) is 46.9 Å². The molecule has 0 aliphatic carbocycles. The minimum Gasteiger partial charge on any atom is -0.462 e. The summed E-state index contributed by atoms with van der Waals surface area (Å²) < 4.78 is 5.94. The molecule has 6 heteroatoms. The van der Waals surface area contributed by atoms with Crippen LogP contribution in [0.3, 0.4) is 0 Å². The van der Waals surface area contributed by atoms with Gasteiger partial charge in [0.05, 0.1) is 25.2 Å². The van der Waals surface area contributed by atoms with Gasteiger partial charge in [0.25, 0.3) is 0 Å². The van der Waals surface area contributed by atoms with E-state index in [1.54, 1.807) is 0 Å². The molecular weight excluding hydrogens is 791 g/mol. The summed E-state index contributed by atoms with van der Waals surface area (Å²) in [5.41, 5.74) is 0. The number of nitrogens with one attached hydrogen (secondary N) is 1. The van der Waals surface area contributed by atoms with E-state index in [-0.39, 0.29) is 24.9 Å². The Morgan fingerprint density at radius 3 is 1.31 bits per heavy atom. The van der Waals surface area contributed by atoms with Crippen molar-refractivity contribution in [1.82, 2.24) is 5.32 Å². The molecule has 0 aromatic heterocycles. The molecule has 64 heavy (non-hydrogen) atoms. The molecule has 370 valence electrons. The van der Waals surface area contributed by atoms with Gasteiger partial charge in [-0.3, -0.25) is 9.59 Å².